The zero-order valence-electron chi connectivity index (χ0n) is 10.6. The number of hydrogen-bond donors (Lipinski definition) is 0. The van der Waals surface area contributed by atoms with Crippen LogP contribution in [0.15, 0.2) is 24.3 Å². The van der Waals surface area contributed by atoms with Crippen LogP contribution in [0.4, 0.5) is 26.3 Å². The third-order valence-corrected chi connectivity index (χ3v) is 2.44. The molecule has 0 aliphatic rings. The van der Waals surface area contributed by atoms with E-state index in [0.717, 1.165) is 12.5 Å². The van der Waals surface area contributed by atoms with Crippen molar-refractivity contribution in [1.29, 1.82) is 0 Å². The molecule has 0 bridgehead atoms. The highest BCUT2D eigenvalue weighted by Gasteiger charge is 2.22. The van der Waals surface area contributed by atoms with E-state index in [4.69, 9.17) is 0 Å². The van der Waals surface area contributed by atoms with Gasteiger partial charge in [-0.05, 0) is 26.0 Å². The Hall–Kier alpha value is -1.98. The Bertz CT molecular complexity index is 478. The van der Waals surface area contributed by atoms with Gasteiger partial charge in [-0.2, -0.15) is 0 Å². The van der Waals surface area contributed by atoms with E-state index in [2.05, 4.69) is 0 Å². The summed E-state index contributed by atoms with van der Waals surface area (Å²) < 4.78 is 73.7. The Morgan fingerprint density at radius 2 is 0.900 bits per heavy atom. The minimum absolute atomic E-state index is 0.171. The fourth-order valence-electron chi connectivity index (χ4n) is 1.25. The first kappa shape index (κ1) is 16.1. The van der Waals surface area contributed by atoms with Gasteiger partial charge in [0.05, 0.1) is 0 Å². The molecule has 0 unspecified atom stereocenters. The average Bonchev–Trinajstić information content (AvgIpc) is 2.45. The van der Waals surface area contributed by atoms with E-state index in [1.807, 2.05) is 6.92 Å². The molecule has 0 heterocycles. The molecule has 2 rings (SSSR count). The standard InChI is InChI=1S/C7H3F5.C7H7F/c1-2-3(8)5(10)7(12)6(11)4(2)9;1-6-2-4-7(8)5-3-6/h1H3;2-5H,1H3. The minimum Gasteiger partial charge on any atom is -0.207 e. The molecule has 0 N–H and O–H groups in total. The summed E-state index contributed by atoms with van der Waals surface area (Å²) >= 11 is 0. The topological polar surface area (TPSA) is 0 Å². The second kappa shape index (κ2) is 6.45. The van der Waals surface area contributed by atoms with Crippen LogP contribution in [-0.4, -0.2) is 0 Å². The van der Waals surface area contributed by atoms with Crippen molar-refractivity contribution >= 4 is 0 Å². The van der Waals surface area contributed by atoms with Gasteiger partial charge in [-0.15, -0.1) is 0 Å². The highest BCUT2D eigenvalue weighted by Crippen LogP contribution is 2.21. The fourth-order valence-corrected chi connectivity index (χ4v) is 1.25. The number of hydrogen-bond acceptors (Lipinski definition) is 0. The lowest BCUT2D eigenvalue weighted by Crippen LogP contribution is -2.03. The Morgan fingerprint density at radius 1 is 0.550 bits per heavy atom. The van der Waals surface area contributed by atoms with Crippen LogP contribution >= 0.6 is 0 Å². The van der Waals surface area contributed by atoms with Crippen molar-refractivity contribution in [3.8, 4) is 0 Å². The number of halogens is 6. The van der Waals surface area contributed by atoms with Crippen molar-refractivity contribution in [2.75, 3.05) is 0 Å². The maximum atomic E-state index is 12.4. The molecule has 0 saturated heterocycles. The molecule has 6 heteroatoms. The summed E-state index contributed by atoms with van der Waals surface area (Å²) in [5.41, 5.74) is 0.220. The third-order valence-electron chi connectivity index (χ3n) is 2.44. The van der Waals surface area contributed by atoms with Crippen LogP contribution in [0.2, 0.25) is 0 Å². The van der Waals surface area contributed by atoms with Gasteiger partial charge in [0.25, 0.3) is 0 Å². The van der Waals surface area contributed by atoms with Gasteiger partial charge < -0.3 is 0 Å². The lowest BCUT2D eigenvalue weighted by Gasteiger charge is -2.02. The van der Waals surface area contributed by atoms with Crippen LogP contribution in [0.3, 0.4) is 0 Å². The van der Waals surface area contributed by atoms with Gasteiger partial charge in [0.1, 0.15) is 5.82 Å². The van der Waals surface area contributed by atoms with Crippen molar-refractivity contribution in [3.05, 3.63) is 70.3 Å². The summed E-state index contributed by atoms with van der Waals surface area (Å²) in [7, 11) is 0. The summed E-state index contributed by atoms with van der Waals surface area (Å²) in [5.74, 6) is -9.69. The van der Waals surface area contributed by atoms with Gasteiger partial charge in [-0.1, -0.05) is 17.7 Å². The van der Waals surface area contributed by atoms with Gasteiger partial charge >= 0.3 is 0 Å². The largest absolute Gasteiger partial charge is 0.207 e. The lowest BCUT2D eigenvalue weighted by atomic mass is 10.2. The summed E-state index contributed by atoms with van der Waals surface area (Å²) in [6, 6.07) is 6.40. The highest BCUT2D eigenvalue weighted by atomic mass is 19.2. The van der Waals surface area contributed by atoms with E-state index >= 15 is 0 Å². The van der Waals surface area contributed by atoms with Crippen LogP contribution in [0.25, 0.3) is 0 Å². The molecule has 0 spiro atoms. The van der Waals surface area contributed by atoms with E-state index in [1.165, 1.54) is 12.1 Å². The van der Waals surface area contributed by atoms with Gasteiger partial charge in [-0.3, -0.25) is 0 Å². The van der Waals surface area contributed by atoms with E-state index in [9.17, 15) is 26.3 Å². The second-order valence-electron chi connectivity index (χ2n) is 3.99. The molecule has 0 saturated carbocycles. The molecular formula is C14H10F6. The van der Waals surface area contributed by atoms with Crippen LogP contribution in [0.5, 0.6) is 0 Å². The fraction of sp³-hybridized carbons (Fsp3) is 0.143. The molecule has 0 atom stereocenters. The smallest absolute Gasteiger partial charge is 0.200 e. The molecule has 2 aromatic carbocycles. The zero-order valence-corrected chi connectivity index (χ0v) is 10.6. The highest BCUT2D eigenvalue weighted by molar-refractivity contribution is 5.22. The van der Waals surface area contributed by atoms with E-state index in [1.54, 1.807) is 12.1 Å². The minimum atomic E-state index is -2.13. The van der Waals surface area contributed by atoms with Crippen molar-refractivity contribution in [2.24, 2.45) is 0 Å². The summed E-state index contributed by atoms with van der Waals surface area (Å²) in [6.45, 7) is 2.75. The molecule has 0 aliphatic carbocycles. The molecule has 0 aromatic heterocycles. The van der Waals surface area contributed by atoms with Crippen LogP contribution < -0.4 is 0 Å². The van der Waals surface area contributed by atoms with E-state index in [0.29, 0.717) is 0 Å². The van der Waals surface area contributed by atoms with Crippen molar-refractivity contribution in [3.63, 3.8) is 0 Å². The third kappa shape index (κ3) is 3.53. The Morgan fingerprint density at radius 3 is 1.25 bits per heavy atom. The molecule has 0 aliphatic heterocycles. The molecule has 2 aromatic rings. The Labute approximate surface area is 111 Å². The number of benzene rings is 2. The first-order chi connectivity index (χ1) is 9.25. The molecule has 0 amide bonds. The summed E-state index contributed by atoms with van der Waals surface area (Å²) in [6.07, 6.45) is 0. The maximum absolute atomic E-state index is 12.4. The predicted octanol–water partition coefficient (Wildman–Crippen LogP) is 4.82. The van der Waals surface area contributed by atoms with E-state index < -0.39 is 34.6 Å². The molecule has 0 radical (unpaired) electrons. The number of rotatable bonds is 0. The monoisotopic (exact) mass is 292 g/mol. The van der Waals surface area contributed by atoms with Crippen molar-refractivity contribution < 1.29 is 26.3 Å². The van der Waals surface area contributed by atoms with Crippen molar-refractivity contribution in [1.82, 2.24) is 0 Å². The van der Waals surface area contributed by atoms with Gasteiger partial charge in [0.2, 0.25) is 5.82 Å². The normalized spacial score (nSPS) is 10.0. The molecule has 108 valence electrons. The van der Waals surface area contributed by atoms with Gasteiger partial charge in [0.15, 0.2) is 23.3 Å². The van der Waals surface area contributed by atoms with E-state index in [-0.39, 0.29) is 5.82 Å². The average molecular weight is 292 g/mol. The first-order valence-corrected chi connectivity index (χ1v) is 5.46. The molecule has 20 heavy (non-hydrogen) atoms. The number of aryl methyl sites for hydroxylation is 1. The molecular weight excluding hydrogens is 282 g/mol. The van der Waals surface area contributed by atoms with Gasteiger partial charge in [0, 0.05) is 5.56 Å². The quantitative estimate of drug-likeness (QED) is 0.371. The predicted molar refractivity (Wildman–Crippen MR) is 62.1 cm³/mol. The molecule has 0 nitrogen and oxygen atoms in total. The lowest BCUT2D eigenvalue weighted by molar-refractivity contribution is 0.373. The van der Waals surface area contributed by atoms with Crippen molar-refractivity contribution in [2.45, 2.75) is 13.8 Å². The van der Waals surface area contributed by atoms with Crippen LogP contribution in [-0.2, 0) is 0 Å². The second-order valence-corrected chi connectivity index (χ2v) is 3.99. The van der Waals surface area contributed by atoms with Crippen LogP contribution in [0.1, 0.15) is 11.1 Å². The van der Waals surface area contributed by atoms with Gasteiger partial charge in [-0.25, -0.2) is 26.3 Å². The molecule has 0 fully saturated rings. The SMILES string of the molecule is Cc1c(F)c(F)c(F)c(F)c1F.Cc1ccc(F)cc1. The summed E-state index contributed by atoms with van der Waals surface area (Å²) in [5, 5.41) is 0. The summed E-state index contributed by atoms with van der Waals surface area (Å²) in [4.78, 5) is 0. The zero-order chi connectivity index (χ0) is 15.4. The first-order valence-electron chi connectivity index (χ1n) is 5.46. The Balaban J connectivity index is 0.000000217. The van der Waals surface area contributed by atoms with Crippen LogP contribution in [0, 0.1) is 48.8 Å². The Kier molecular flexibility index (Phi) is 5.19. The maximum Gasteiger partial charge on any atom is 0.200 e.